The summed E-state index contributed by atoms with van der Waals surface area (Å²) in [5, 5.41) is 0. The van der Waals surface area contributed by atoms with Crippen LogP contribution in [0.5, 0.6) is 0 Å². The Labute approximate surface area is 127 Å². The van der Waals surface area contributed by atoms with Crippen LogP contribution in [0.25, 0.3) is 5.57 Å². The average Bonchev–Trinajstić information content (AvgIpc) is 2.60. The van der Waals surface area contributed by atoms with Crippen molar-refractivity contribution in [3.63, 3.8) is 0 Å². The second-order valence-electron chi connectivity index (χ2n) is 5.91. The molecule has 0 radical (unpaired) electrons. The number of rotatable bonds is 1. The number of carbonyl (C=O) groups excluding carboxylic acids is 3. The number of ether oxygens (including phenoxy) is 1. The molecule has 0 atom stereocenters. The summed E-state index contributed by atoms with van der Waals surface area (Å²) < 4.78 is 18.6. The highest BCUT2D eigenvalue weighted by molar-refractivity contribution is 6.40. The van der Waals surface area contributed by atoms with Crippen molar-refractivity contribution >= 4 is 29.0 Å². The molecule has 0 aliphatic carbocycles. The SMILES string of the molecule is CC(=O)N1C(=O)/C(=C/C(=O)OC(C)(C)C)c2cc(F)ccc21. The summed E-state index contributed by atoms with van der Waals surface area (Å²) in [6.45, 7) is 6.29. The molecule has 2 rings (SSSR count). The molecule has 116 valence electrons. The van der Waals surface area contributed by atoms with Gasteiger partial charge in [0.1, 0.15) is 11.4 Å². The number of fused-ring (bicyclic) bond motifs is 1. The first kappa shape index (κ1) is 15.9. The minimum atomic E-state index is -0.725. The second kappa shape index (κ2) is 5.36. The first-order valence-electron chi connectivity index (χ1n) is 6.70. The van der Waals surface area contributed by atoms with Gasteiger partial charge in [0, 0.05) is 18.6 Å². The van der Waals surface area contributed by atoms with Crippen LogP contribution in [0.15, 0.2) is 24.3 Å². The van der Waals surface area contributed by atoms with Crippen molar-refractivity contribution < 1.29 is 23.5 Å². The molecule has 22 heavy (non-hydrogen) atoms. The van der Waals surface area contributed by atoms with E-state index in [0.717, 1.165) is 23.1 Å². The zero-order chi connectivity index (χ0) is 16.7. The van der Waals surface area contributed by atoms with Gasteiger partial charge in [0.05, 0.1) is 11.3 Å². The van der Waals surface area contributed by atoms with E-state index in [-0.39, 0.29) is 16.8 Å². The molecule has 6 heteroatoms. The molecular weight excluding hydrogens is 289 g/mol. The molecule has 1 heterocycles. The van der Waals surface area contributed by atoms with E-state index in [0.29, 0.717) is 0 Å². The number of halogens is 1. The van der Waals surface area contributed by atoms with Gasteiger partial charge in [-0.1, -0.05) is 0 Å². The second-order valence-corrected chi connectivity index (χ2v) is 5.91. The van der Waals surface area contributed by atoms with Crippen LogP contribution in [0.1, 0.15) is 33.3 Å². The number of amides is 2. The first-order chi connectivity index (χ1) is 10.1. The van der Waals surface area contributed by atoms with Gasteiger partial charge in [0.25, 0.3) is 5.91 Å². The van der Waals surface area contributed by atoms with E-state index in [9.17, 15) is 18.8 Å². The molecule has 1 aromatic carbocycles. The van der Waals surface area contributed by atoms with Gasteiger partial charge in [0.2, 0.25) is 5.91 Å². The number of hydrogen-bond acceptors (Lipinski definition) is 4. The number of nitrogens with zero attached hydrogens (tertiary/aromatic N) is 1. The highest BCUT2D eigenvalue weighted by Crippen LogP contribution is 2.37. The Morgan fingerprint density at radius 1 is 1.27 bits per heavy atom. The fraction of sp³-hybridized carbons (Fsp3) is 0.312. The summed E-state index contributed by atoms with van der Waals surface area (Å²) in [7, 11) is 0. The zero-order valence-electron chi connectivity index (χ0n) is 12.8. The number of carbonyl (C=O) groups is 3. The van der Waals surface area contributed by atoms with Crippen LogP contribution in [0.4, 0.5) is 10.1 Å². The lowest BCUT2D eigenvalue weighted by atomic mass is 10.1. The quantitative estimate of drug-likeness (QED) is 0.590. The zero-order valence-corrected chi connectivity index (χ0v) is 12.8. The van der Waals surface area contributed by atoms with E-state index in [1.165, 1.54) is 13.0 Å². The van der Waals surface area contributed by atoms with Gasteiger partial charge in [-0.25, -0.2) is 14.1 Å². The van der Waals surface area contributed by atoms with Gasteiger partial charge in [-0.15, -0.1) is 0 Å². The summed E-state index contributed by atoms with van der Waals surface area (Å²) in [6.07, 6.45) is 0.995. The minimum Gasteiger partial charge on any atom is -0.457 e. The van der Waals surface area contributed by atoms with Crippen LogP contribution in [-0.4, -0.2) is 23.4 Å². The van der Waals surface area contributed by atoms with E-state index in [1.807, 2.05) is 0 Å². The summed E-state index contributed by atoms with van der Waals surface area (Å²) in [5.41, 5.74) is -0.320. The Kier molecular flexibility index (Phi) is 3.87. The smallest absolute Gasteiger partial charge is 0.332 e. The molecular formula is C16H16FNO4. The van der Waals surface area contributed by atoms with Crippen molar-refractivity contribution in [3.8, 4) is 0 Å². The van der Waals surface area contributed by atoms with Gasteiger partial charge < -0.3 is 4.74 Å². The molecule has 0 saturated heterocycles. The Hall–Kier alpha value is -2.50. The average molecular weight is 305 g/mol. The predicted molar refractivity (Wildman–Crippen MR) is 78.4 cm³/mol. The van der Waals surface area contributed by atoms with Crippen molar-refractivity contribution in [1.82, 2.24) is 0 Å². The summed E-state index contributed by atoms with van der Waals surface area (Å²) in [6, 6.07) is 3.60. The number of imide groups is 1. The van der Waals surface area contributed by atoms with Crippen LogP contribution in [0.3, 0.4) is 0 Å². The molecule has 5 nitrogen and oxygen atoms in total. The normalized spacial score (nSPS) is 16.0. The number of esters is 1. The molecule has 0 aromatic heterocycles. The first-order valence-corrected chi connectivity index (χ1v) is 6.70. The molecule has 0 N–H and O–H groups in total. The highest BCUT2D eigenvalue weighted by Gasteiger charge is 2.36. The van der Waals surface area contributed by atoms with Gasteiger partial charge in [-0.3, -0.25) is 9.59 Å². The molecule has 0 fully saturated rings. The van der Waals surface area contributed by atoms with E-state index < -0.39 is 29.2 Å². The van der Waals surface area contributed by atoms with Gasteiger partial charge >= 0.3 is 5.97 Å². The molecule has 1 aromatic rings. The van der Waals surface area contributed by atoms with Gasteiger partial charge in [-0.2, -0.15) is 0 Å². The fourth-order valence-corrected chi connectivity index (χ4v) is 2.17. The predicted octanol–water partition coefficient (Wildman–Crippen LogP) is 2.44. The lowest BCUT2D eigenvalue weighted by Gasteiger charge is -2.18. The standard InChI is InChI=1S/C16H16FNO4/c1-9(19)18-13-6-5-10(17)7-11(13)12(15(18)21)8-14(20)22-16(2,3)4/h5-8H,1-4H3/b12-8+. The Morgan fingerprint density at radius 2 is 1.91 bits per heavy atom. The van der Waals surface area contributed by atoms with Gasteiger partial charge in [0.15, 0.2) is 0 Å². The van der Waals surface area contributed by atoms with E-state index in [4.69, 9.17) is 4.74 Å². The van der Waals surface area contributed by atoms with Crippen LogP contribution >= 0.6 is 0 Å². The monoisotopic (exact) mass is 305 g/mol. The van der Waals surface area contributed by atoms with Crippen LogP contribution in [0, 0.1) is 5.82 Å². The summed E-state index contributed by atoms with van der Waals surface area (Å²) in [5.74, 6) is -2.46. The Morgan fingerprint density at radius 3 is 2.45 bits per heavy atom. The topological polar surface area (TPSA) is 63.7 Å². The van der Waals surface area contributed by atoms with Crippen molar-refractivity contribution in [2.45, 2.75) is 33.3 Å². The molecule has 0 saturated carbocycles. The highest BCUT2D eigenvalue weighted by atomic mass is 19.1. The lowest BCUT2D eigenvalue weighted by molar-refractivity contribution is -0.148. The van der Waals surface area contributed by atoms with Crippen molar-refractivity contribution in [2.24, 2.45) is 0 Å². The third-order valence-corrected chi connectivity index (χ3v) is 2.91. The Bertz CT molecular complexity index is 701. The molecule has 1 aliphatic heterocycles. The maximum Gasteiger partial charge on any atom is 0.332 e. The van der Waals surface area contributed by atoms with Crippen molar-refractivity contribution in [1.29, 1.82) is 0 Å². The lowest BCUT2D eigenvalue weighted by Crippen LogP contribution is -2.31. The van der Waals surface area contributed by atoms with Crippen molar-refractivity contribution in [2.75, 3.05) is 4.90 Å². The fourth-order valence-electron chi connectivity index (χ4n) is 2.17. The third kappa shape index (κ3) is 3.05. The van der Waals surface area contributed by atoms with Crippen LogP contribution in [0.2, 0.25) is 0 Å². The minimum absolute atomic E-state index is 0.0565. The third-order valence-electron chi connectivity index (χ3n) is 2.91. The maximum absolute atomic E-state index is 13.4. The van der Waals surface area contributed by atoms with E-state index >= 15 is 0 Å². The number of anilines is 1. The molecule has 0 spiro atoms. The summed E-state index contributed by atoms with van der Waals surface area (Å²) >= 11 is 0. The van der Waals surface area contributed by atoms with E-state index in [2.05, 4.69) is 0 Å². The number of benzene rings is 1. The molecule has 2 amide bonds. The van der Waals surface area contributed by atoms with E-state index in [1.54, 1.807) is 20.8 Å². The largest absolute Gasteiger partial charge is 0.457 e. The molecule has 1 aliphatic rings. The molecule has 0 bridgehead atoms. The Balaban J connectivity index is 2.49. The maximum atomic E-state index is 13.4. The van der Waals surface area contributed by atoms with Crippen LogP contribution in [-0.2, 0) is 19.1 Å². The number of hydrogen-bond donors (Lipinski definition) is 0. The summed E-state index contributed by atoms with van der Waals surface area (Å²) in [4.78, 5) is 36.7. The van der Waals surface area contributed by atoms with Crippen molar-refractivity contribution in [3.05, 3.63) is 35.7 Å². The molecule has 0 unspecified atom stereocenters. The van der Waals surface area contributed by atoms with Gasteiger partial charge in [-0.05, 0) is 39.0 Å². The van der Waals surface area contributed by atoms with Crippen LogP contribution < -0.4 is 4.90 Å².